The fraction of sp³-hybridized carbons (Fsp3) is 0.471. The molecule has 1 aromatic rings. The highest BCUT2D eigenvalue weighted by molar-refractivity contribution is 5.76. The molecule has 2 aliphatic rings. The summed E-state index contributed by atoms with van der Waals surface area (Å²) < 4.78 is 5.71. The summed E-state index contributed by atoms with van der Waals surface area (Å²) in [6, 6.07) is 9.68. The van der Waals surface area contributed by atoms with Crippen LogP contribution in [-0.4, -0.2) is 23.8 Å². The Morgan fingerprint density at radius 3 is 2.75 bits per heavy atom. The molecule has 3 nitrogen and oxygen atoms in total. The Bertz CT molecular complexity index is 551. The Morgan fingerprint density at radius 2 is 2.10 bits per heavy atom. The van der Waals surface area contributed by atoms with Crippen molar-refractivity contribution in [1.82, 2.24) is 0 Å². The fourth-order valence-electron chi connectivity index (χ4n) is 2.97. The van der Waals surface area contributed by atoms with Gasteiger partial charge in [-0.2, -0.15) is 0 Å². The second-order valence-corrected chi connectivity index (χ2v) is 5.68. The highest BCUT2D eigenvalue weighted by Gasteiger charge is 2.55. The molecule has 1 N–H and O–H groups in total. The molecule has 3 heteroatoms. The predicted octanol–water partition coefficient (Wildman–Crippen LogP) is 2.70. The van der Waals surface area contributed by atoms with Gasteiger partial charge in [0.2, 0.25) is 0 Å². The van der Waals surface area contributed by atoms with Gasteiger partial charge in [-0.15, -0.1) is 0 Å². The molecule has 0 amide bonds. The van der Waals surface area contributed by atoms with Gasteiger partial charge in [-0.25, -0.2) is 0 Å². The third-order valence-corrected chi connectivity index (χ3v) is 4.28. The van der Waals surface area contributed by atoms with E-state index in [1.165, 1.54) is 0 Å². The standard InChI is InChI=1S/C17H18O3/c18-16(19)17(11-12-20-15(17)14-8-9-14)10-4-7-13-5-2-1-3-6-13/h1-3,5-6,14-15H,8-12H2,(H,18,19). The van der Waals surface area contributed by atoms with Crippen LogP contribution in [0.4, 0.5) is 0 Å². The summed E-state index contributed by atoms with van der Waals surface area (Å²) in [6.07, 6.45) is 2.98. The maximum atomic E-state index is 11.8. The normalized spacial score (nSPS) is 28.7. The molecule has 0 aromatic heterocycles. The summed E-state index contributed by atoms with van der Waals surface area (Å²) >= 11 is 0. The number of ether oxygens (including phenoxy) is 1. The SMILES string of the molecule is O=C(O)C1(CC#Cc2ccccc2)CCOC1C1CC1. The first-order valence-corrected chi connectivity index (χ1v) is 7.11. The first kappa shape index (κ1) is 13.2. The van der Waals surface area contributed by atoms with E-state index in [0.29, 0.717) is 25.4 Å². The zero-order valence-corrected chi connectivity index (χ0v) is 11.3. The van der Waals surface area contributed by atoms with E-state index in [4.69, 9.17) is 4.74 Å². The van der Waals surface area contributed by atoms with Crippen LogP contribution in [0.1, 0.15) is 31.2 Å². The molecule has 0 radical (unpaired) electrons. The Labute approximate surface area is 119 Å². The molecule has 2 atom stereocenters. The summed E-state index contributed by atoms with van der Waals surface area (Å²) in [4.78, 5) is 11.8. The van der Waals surface area contributed by atoms with Crippen molar-refractivity contribution < 1.29 is 14.6 Å². The van der Waals surface area contributed by atoms with Crippen LogP contribution in [0.2, 0.25) is 0 Å². The number of carboxylic acid groups (broad SMARTS) is 1. The minimum absolute atomic E-state index is 0.148. The second kappa shape index (κ2) is 5.30. The molecule has 2 unspecified atom stereocenters. The lowest BCUT2D eigenvalue weighted by molar-refractivity contribution is -0.152. The van der Waals surface area contributed by atoms with Gasteiger partial charge in [0.1, 0.15) is 5.41 Å². The van der Waals surface area contributed by atoms with Crippen LogP contribution in [0.3, 0.4) is 0 Å². The van der Waals surface area contributed by atoms with Crippen molar-refractivity contribution in [3.05, 3.63) is 35.9 Å². The summed E-state index contributed by atoms with van der Waals surface area (Å²) in [5.74, 6) is 5.80. The Kier molecular flexibility index (Phi) is 3.50. The fourth-order valence-corrected chi connectivity index (χ4v) is 2.97. The Morgan fingerprint density at radius 1 is 1.35 bits per heavy atom. The number of hydrogen-bond acceptors (Lipinski definition) is 2. The number of hydrogen-bond donors (Lipinski definition) is 1. The zero-order chi connectivity index (χ0) is 14.0. The molecule has 1 saturated carbocycles. The van der Waals surface area contributed by atoms with Crippen molar-refractivity contribution in [2.24, 2.45) is 11.3 Å². The molecule has 1 aromatic carbocycles. The van der Waals surface area contributed by atoms with Gasteiger partial charge in [-0.1, -0.05) is 30.0 Å². The highest BCUT2D eigenvalue weighted by atomic mass is 16.5. The smallest absolute Gasteiger partial charge is 0.313 e. The Hall–Kier alpha value is -1.79. The van der Waals surface area contributed by atoms with Crippen LogP contribution in [0.25, 0.3) is 0 Å². The van der Waals surface area contributed by atoms with Crippen LogP contribution < -0.4 is 0 Å². The molecule has 1 heterocycles. The van der Waals surface area contributed by atoms with Crippen molar-refractivity contribution in [3.8, 4) is 11.8 Å². The molecule has 2 fully saturated rings. The third kappa shape index (κ3) is 2.44. The minimum atomic E-state index is -0.803. The van der Waals surface area contributed by atoms with E-state index in [2.05, 4.69) is 11.8 Å². The average molecular weight is 270 g/mol. The maximum absolute atomic E-state index is 11.8. The van der Waals surface area contributed by atoms with Crippen molar-refractivity contribution in [1.29, 1.82) is 0 Å². The highest BCUT2D eigenvalue weighted by Crippen LogP contribution is 2.49. The molecular formula is C17H18O3. The number of rotatable bonds is 3. The van der Waals surface area contributed by atoms with Gasteiger partial charge in [0, 0.05) is 18.6 Å². The molecular weight excluding hydrogens is 252 g/mol. The van der Waals surface area contributed by atoms with E-state index in [-0.39, 0.29) is 6.10 Å². The quantitative estimate of drug-likeness (QED) is 0.859. The minimum Gasteiger partial charge on any atom is -0.481 e. The van der Waals surface area contributed by atoms with Crippen molar-refractivity contribution >= 4 is 5.97 Å². The topological polar surface area (TPSA) is 46.5 Å². The summed E-state index contributed by atoms with van der Waals surface area (Å²) in [5.41, 5.74) is 0.123. The molecule has 104 valence electrons. The molecule has 1 aliphatic carbocycles. The number of carboxylic acids is 1. The van der Waals surface area contributed by atoms with Gasteiger partial charge >= 0.3 is 5.97 Å². The Balaban J connectivity index is 1.78. The number of carbonyl (C=O) groups is 1. The van der Waals surface area contributed by atoms with Gasteiger partial charge in [-0.05, 0) is 37.3 Å². The molecule has 1 saturated heterocycles. The predicted molar refractivity (Wildman–Crippen MR) is 75.1 cm³/mol. The van der Waals surface area contributed by atoms with Gasteiger partial charge < -0.3 is 9.84 Å². The van der Waals surface area contributed by atoms with E-state index in [9.17, 15) is 9.90 Å². The van der Waals surface area contributed by atoms with Crippen LogP contribution >= 0.6 is 0 Å². The van der Waals surface area contributed by atoms with Crippen LogP contribution in [0.5, 0.6) is 0 Å². The zero-order valence-electron chi connectivity index (χ0n) is 11.3. The first-order chi connectivity index (χ1) is 9.72. The van der Waals surface area contributed by atoms with Crippen molar-refractivity contribution in [2.45, 2.75) is 31.8 Å². The first-order valence-electron chi connectivity index (χ1n) is 7.11. The van der Waals surface area contributed by atoms with Gasteiger partial charge in [0.15, 0.2) is 0 Å². The second-order valence-electron chi connectivity index (χ2n) is 5.68. The lowest BCUT2D eigenvalue weighted by Crippen LogP contribution is -2.40. The van der Waals surface area contributed by atoms with E-state index >= 15 is 0 Å². The van der Waals surface area contributed by atoms with Gasteiger partial charge in [-0.3, -0.25) is 4.79 Å². The van der Waals surface area contributed by atoms with Crippen molar-refractivity contribution in [2.75, 3.05) is 6.61 Å². The molecule has 20 heavy (non-hydrogen) atoms. The molecule has 0 spiro atoms. The lowest BCUT2D eigenvalue weighted by atomic mass is 9.76. The van der Waals surface area contributed by atoms with Crippen molar-refractivity contribution in [3.63, 3.8) is 0 Å². The van der Waals surface area contributed by atoms with Crippen LogP contribution in [-0.2, 0) is 9.53 Å². The van der Waals surface area contributed by atoms with Gasteiger partial charge in [0.25, 0.3) is 0 Å². The van der Waals surface area contributed by atoms with E-state index in [0.717, 1.165) is 18.4 Å². The number of benzene rings is 1. The lowest BCUT2D eigenvalue weighted by Gasteiger charge is -2.27. The maximum Gasteiger partial charge on any atom is 0.313 e. The summed E-state index contributed by atoms with van der Waals surface area (Å²) in [5, 5.41) is 9.66. The number of aliphatic carboxylic acids is 1. The van der Waals surface area contributed by atoms with E-state index < -0.39 is 11.4 Å². The summed E-state index contributed by atoms with van der Waals surface area (Å²) in [6.45, 7) is 0.542. The van der Waals surface area contributed by atoms with E-state index in [1.54, 1.807) is 0 Å². The van der Waals surface area contributed by atoms with Crippen LogP contribution in [0.15, 0.2) is 30.3 Å². The van der Waals surface area contributed by atoms with E-state index in [1.807, 2.05) is 30.3 Å². The monoisotopic (exact) mass is 270 g/mol. The molecule has 0 bridgehead atoms. The largest absolute Gasteiger partial charge is 0.481 e. The molecule has 1 aliphatic heterocycles. The molecule has 3 rings (SSSR count). The van der Waals surface area contributed by atoms with Crippen LogP contribution in [0, 0.1) is 23.2 Å². The average Bonchev–Trinajstić information content (AvgIpc) is 3.20. The third-order valence-electron chi connectivity index (χ3n) is 4.28. The summed E-state index contributed by atoms with van der Waals surface area (Å²) in [7, 11) is 0. The van der Waals surface area contributed by atoms with Gasteiger partial charge in [0.05, 0.1) is 6.10 Å².